The number of unbranched alkanes of at least 4 members (excludes halogenated alkanes) is 1. The van der Waals surface area contributed by atoms with Crippen LogP contribution in [0.25, 0.3) is 0 Å². The third kappa shape index (κ3) is 11.6. The fourth-order valence-corrected chi connectivity index (χ4v) is 6.09. The summed E-state index contributed by atoms with van der Waals surface area (Å²) in [6.07, 6.45) is 27.9. The number of nitrogens with one attached hydrogen (secondary N) is 1. The molecular formula is C36H62N2. The monoisotopic (exact) mass is 522 g/mol. The van der Waals surface area contributed by atoms with Crippen molar-refractivity contribution >= 4 is 0 Å². The van der Waals surface area contributed by atoms with Crippen molar-refractivity contribution in [2.75, 3.05) is 13.6 Å². The third-order valence-corrected chi connectivity index (χ3v) is 9.24. The molecule has 0 aromatic carbocycles. The summed E-state index contributed by atoms with van der Waals surface area (Å²) in [5.41, 5.74) is 12.3. The van der Waals surface area contributed by atoms with E-state index < -0.39 is 0 Å². The summed E-state index contributed by atoms with van der Waals surface area (Å²) in [4.78, 5) is 0. The molecule has 1 rings (SSSR count). The lowest BCUT2D eigenvalue weighted by atomic mass is 9.57. The first-order chi connectivity index (χ1) is 18.1. The van der Waals surface area contributed by atoms with Crippen LogP contribution in [0, 0.1) is 23.2 Å². The van der Waals surface area contributed by atoms with E-state index >= 15 is 0 Å². The van der Waals surface area contributed by atoms with E-state index in [2.05, 4.69) is 103 Å². The maximum absolute atomic E-state index is 6.39. The Hall–Kier alpha value is -1.64. The highest BCUT2D eigenvalue weighted by atomic mass is 14.8. The fraction of sp³-hybridized carbons (Fsp3) is 0.667. The standard InChI is InChI=1S/C36H62N2/c1-10-15-29(5)31(7)32(8)36(24-22-28(4)23-25-36)27-34(30(6)16-11-2)20-18-33(12-3)19-21-35(37)17-13-14-26-38-9/h10,12,15-16,19-21,28,31-32,35,38H,5,11,13-14,17-18,22-27,37H2,1-4,6-9H3/b15-10+,21-19-,30-16-,33-12-,34-20-. The van der Waals surface area contributed by atoms with Gasteiger partial charge in [-0.25, -0.2) is 0 Å². The second kappa shape index (κ2) is 18.6. The molecule has 0 saturated heterocycles. The van der Waals surface area contributed by atoms with Gasteiger partial charge in [-0.15, -0.1) is 0 Å². The van der Waals surface area contributed by atoms with Crippen molar-refractivity contribution < 1.29 is 0 Å². The molecule has 0 radical (unpaired) electrons. The van der Waals surface area contributed by atoms with Crippen molar-refractivity contribution in [2.45, 2.75) is 119 Å². The highest BCUT2D eigenvalue weighted by molar-refractivity contribution is 5.34. The van der Waals surface area contributed by atoms with E-state index in [1.165, 1.54) is 61.7 Å². The molecule has 3 unspecified atom stereocenters. The molecule has 0 aromatic rings. The maximum Gasteiger partial charge on any atom is 0.0226 e. The normalized spacial score (nSPS) is 24.2. The van der Waals surface area contributed by atoms with Gasteiger partial charge in [0, 0.05) is 6.04 Å². The van der Waals surface area contributed by atoms with Gasteiger partial charge < -0.3 is 11.1 Å². The zero-order chi connectivity index (χ0) is 28.6. The molecule has 0 aromatic heterocycles. The van der Waals surface area contributed by atoms with Crippen molar-refractivity contribution in [3.63, 3.8) is 0 Å². The number of hydrogen-bond acceptors (Lipinski definition) is 2. The molecule has 216 valence electrons. The molecule has 0 aliphatic heterocycles. The summed E-state index contributed by atoms with van der Waals surface area (Å²) < 4.78 is 0. The van der Waals surface area contributed by atoms with Gasteiger partial charge in [0.05, 0.1) is 0 Å². The van der Waals surface area contributed by atoms with Crippen LogP contribution in [0.4, 0.5) is 0 Å². The van der Waals surface area contributed by atoms with Crippen LogP contribution in [0.5, 0.6) is 0 Å². The van der Waals surface area contributed by atoms with E-state index in [9.17, 15) is 0 Å². The van der Waals surface area contributed by atoms with E-state index in [1.54, 1.807) is 5.57 Å². The van der Waals surface area contributed by atoms with E-state index in [0.29, 0.717) is 17.3 Å². The molecule has 0 amide bonds. The Labute approximate surface area is 237 Å². The second-order valence-electron chi connectivity index (χ2n) is 12.1. The predicted molar refractivity (Wildman–Crippen MR) is 172 cm³/mol. The average molecular weight is 523 g/mol. The molecular weight excluding hydrogens is 460 g/mol. The van der Waals surface area contributed by atoms with Crippen LogP contribution in [-0.2, 0) is 0 Å². The summed E-state index contributed by atoms with van der Waals surface area (Å²) in [6.45, 7) is 21.7. The Balaban J connectivity index is 3.17. The summed E-state index contributed by atoms with van der Waals surface area (Å²) in [5.74, 6) is 1.92. The molecule has 1 aliphatic carbocycles. The largest absolute Gasteiger partial charge is 0.324 e. The van der Waals surface area contributed by atoms with Crippen LogP contribution in [0.15, 0.2) is 71.4 Å². The van der Waals surface area contributed by atoms with Crippen LogP contribution in [0.3, 0.4) is 0 Å². The van der Waals surface area contributed by atoms with Crippen LogP contribution >= 0.6 is 0 Å². The first-order valence-electron chi connectivity index (χ1n) is 15.5. The molecule has 1 saturated carbocycles. The van der Waals surface area contributed by atoms with Gasteiger partial charge in [-0.3, -0.25) is 0 Å². The second-order valence-corrected chi connectivity index (χ2v) is 12.1. The van der Waals surface area contributed by atoms with Gasteiger partial charge in [0.25, 0.3) is 0 Å². The third-order valence-electron chi connectivity index (χ3n) is 9.24. The molecule has 0 bridgehead atoms. The minimum atomic E-state index is 0.132. The maximum atomic E-state index is 6.39. The smallest absolute Gasteiger partial charge is 0.0226 e. The van der Waals surface area contributed by atoms with Crippen molar-refractivity contribution in [1.82, 2.24) is 5.32 Å². The Morgan fingerprint density at radius 3 is 2.37 bits per heavy atom. The van der Waals surface area contributed by atoms with Crippen molar-refractivity contribution in [2.24, 2.45) is 28.9 Å². The number of allylic oxidation sites excluding steroid dienone is 10. The zero-order valence-corrected chi connectivity index (χ0v) is 26.4. The molecule has 3 atom stereocenters. The van der Waals surface area contributed by atoms with Gasteiger partial charge in [-0.2, -0.15) is 0 Å². The average Bonchev–Trinajstić information content (AvgIpc) is 2.91. The van der Waals surface area contributed by atoms with Crippen molar-refractivity contribution in [3.8, 4) is 0 Å². The summed E-state index contributed by atoms with van der Waals surface area (Å²) >= 11 is 0. The Morgan fingerprint density at radius 2 is 1.79 bits per heavy atom. The Bertz CT molecular complexity index is 829. The number of nitrogens with two attached hydrogens (primary N) is 1. The summed E-state index contributed by atoms with van der Waals surface area (Å²) in [7, 11) is 2.01. The lowest BCUT2D eigenvalue weighted by molar-refractivity contribution is 0.0639. The first kappa shape index (κ1) is 34.4. The van der Waals surface area contributed by atoms with Crippen LogP contribution in [0.2, 0.25) is 0 Å². The SMILES string of the molecule is C=C(/C=C/C)C(C)C(C)C1(CC(=C/CC(/C=C\C(N)CCCCNC)=C/C)/C(C)=C\CC)CCC(C)CC1. The molecule has 38 heavy (non-hydrogen) atoms. The first-order valence-corrected chi connectivity index (χ1v) is 15.5. The van der Waals surface area contributed by atoms with Gasteiger partial charge in [0.2, 0.25) is 0 Å². The molecule has 3 N–H and O–H groups in total. The quantitative estimate of drug-likeness (QED) is 0.147. The van der Waals surface area contributed by atoms with Gasteiger partial charge in [0.15, 0.2) is 0 Å². The fourth-order valence-electron chi connectivity index (χ4n) is 6.09. The van der Waals surface area contributed by atoms with Gasteiger partial charge in [0.1, 0.15) is 0 Å². The van der Waals surface area contributed by atoms with Crippen LogP contribution < -0.4 is 11.1 Å². The number of rotatable bonds is 17. The highest BCUT2D eigenvalue weighted by Crippen LogP contribution is 2.52. The van der Waals surface area contributed by atoms with E-state index in [1.807, 2.05) is 7.05 Å². The van der Waals surface area contributed by atoms with Gasteiger partial charge in [-0.05, 0) is 114 Å². The Morgan fingerprint density at radius 1 is 1.11 bits per heavy atom. The topological polar surface area (TPSA) is 38.0 Å². The lowest BCUT2D eigenvalue weighted by Gasteiger charge is -2.47. The van der Waals surface area contributed by atoms with Gasteiger partial charge in [-0.1, -0.05) is 107 Å². The van der Waals surface area contributed by atoms with Crippen molar-refractivity contribution in [1.29, 1.82) is 0 Å². The zero-order valence-electron chi connectivity index (χ0n) is 26.4. The molecule has 1 fully saturated rings. The van der Waals surface area contributed by atoms with Crippen molar-refractivity contribution in [3.05, 3.63) is 71.4 Å². The molecule has 0 heterocycles. The van der Waals surface area contributed by atoms with Crippen LogP contribution in [0.1, 0.15) is 113 Å². The summed E-state index contributed by atoms with van der Waals surface area (Å²) in [5, 5.41) is 3.22. The minimum Gasteiger partial charge on any atom is -0.324 e. The van der Waals surface area contributed by atoms with E-state index in [-0.39, 0.29) is 6.04 Å². The highest BCUT2D eigenvalue weighted by Gasteiger charge is 2.41. The minimum absolute atomic E-state index is 0.132. The molecule has 2 heteroatoms. The Kier molecular flexibility index (Phi) is 16.8. The van der Waals surface area contributed by atoms with Gasteiger partial charge >= 0.3 is 0 Å². The van der Waals surface area contributed by atoms with E-state index in [0.717, 1.165) is 31.7 Å². The number of hydrogen-bond donors (Lipinski definition) is 2. The predicted octanol–water partition coefficient (Wildman–Crippen LogP) is 9.87. The molecule has 0 spiro atoms. The van der Waals surface area contributed by atoms with E-state index in [4.69, 9.17) is 5.73 Å². The lowest BCUT2D eigenvalue weighted by Crippen LogP contribution is -2.37. The van der Waals surface area contributed by atoms with Crippen LogP contribution in [-0.4, -0.2) is 19.6 Å². The summed E-state index contributed by atoms with van der Waals surface area (Å²) in [6, 6.07) is 0.132. The molecule has 1 aliphatic rings. The molecule has 2 nitrogen and oxygen atoms in total.